The van der Waals surface area contributed by atoms with Gasteiger partial charge in [-0.25, -0.2) is 18.9 Å². The standard InChI is InChI=1S/C77H129N4O63P/c1-19(92)79-35-22(95)6-77(74(119)120,142-58(35)39(102)24(97)9-82)143-60-43(106)32(16-89)128-69(50(60)113)131-55-33(17-90)129-66(37(45(55)108)81-21(3)94)134-59-42(105)31(15-88)127-68(49(59)112)137-63-53(26(99)11-84)130-70(133-57-28(8-75(121,72(115)116)140-54(57)27(100)12-85)139-76(73(117)118)7-23(96)38(101)52(141-76)25(98)10-83)51(114)62(63)136-71-64(138-65-36(80-20(2)93)44(107)40(103)29(13-86)125-65)61(135-67-47(110)46(109)41(104)30(14-87)126-67)48(111)56(132-71)34(18-91)144-145(122,123)124-5-4-78/h22-71,82-91,95-114,121H,4-18,78H2,1-3H3,(H,79,92)(H,80,93)(H,81,94)(H,115,116)(H,117,118)(H,119,120)(H,122,123)/t22-,23+,24+,25+,26-,27+,28+,29+,30+,31+,32+,33+,34-,35+,36+,37+,38+,39+,40+,41+,42-,43-,44+,45+,46-,47+,48+,49+,50+,51-,52+,53+,54+,55+,56+,57+,58+,59-,60-,61-,62+,63+,64-,65+,66-,67+,68-,69-,70+,71+,75+,76+,77-/m0/s1. The molecule has 10 fully saturated rings. The largest absolute Gasteiger partial charge is 0.477 e. The first-order valence-corrected chi connectivity index (χ1v) is 46.5. The Balaban J connectivity index is 1.12. The Morgan fingerprint density at radius 3 is 1.29 bits per heavy atom. The molecular weight excluding hydrogens is 2020 g/mol. The lowest BCUT2D eigenvalue weighted by atomic mass is 9.88. The molecule has 10 aliphatic heterocycles. The van der Waals surface area contributed by atoms with Crippen molar-refractivity contribution in [3.63, 3.8) is 0 Å². The number of aliphatic hydroxyl groups is 31. The summed E-state index contributed by atoms with van der Waals surface area (Å²) in [6.07, 6.45) is -126. The summed E-state index contributed by atoms with van der Waals surface area (Å²) in [7, 11) is -5.74. The summed E-state index contributed by atoms with van der Waals surface area (Å²) < 4.78 is 138. The number of phosphoric acid groups is 1. The molecule has 0 aromatic rings. The Labute approximate surface area is 816 Å². The van der Waals surface area contributed by atoms with Gasteiger partial charge in [0.05, 0.1) is 97.0 Å². The Morgan fingerprint density at radius 1 is 0.366 bits per heavy atom. The SMILES string of the molecule is CC(=O)N[C@H]1[C@H](O[C@H]2[C@@H](O)[C@@H](CO)O[C@@H](O[C@H]3[C@H](O[C@H]4O[C@H]([C@H](CO)OP(=O)(O)OCCN)[C@@H](O)[C@H](O[C@H]5O[C@H](CO)[C@@H](O)[C@H](O)[C@H]5O)[C@@H]4O[C@H]4O[C@H](CO)[C@@H](O)[C@H](O)[C@H]4NC(C)=O)[C@H](O)[C@@H](O[C@H]4[C@@H]([C@H](O)CO)O[C@@](O)(C(=O)O)C[C@H]4O[C@]4(C(=O)O)C[C@@H](O)[C@@H](O)[C@@H]([C@H](O)CO)O4)O[C@@H]3[C@@H](O)CO)[C@@H]2O)O[C@H](CO)[C@@H](O[C@@H]2O[C@H](CO)[C@H](O)[C@H](O[C@]3(C(=O)O)C[C@H](O)[C@@H](NC(C)=O)[C@H]([C@H](O)[C@H](O)CO)O3)[C@H]2O)[C@@H]1O. The van der Waals surface area contributed by atoms with Gasteiger partial charge in [-0.15, -0.1) is 0 Å². The number of carbonyl (C=O) groups is 6. The number of hydrogen-bond acceptors (Lipinski definition) is 60. The smallest absolute Gasteiger partial charge is 0.472 e. The highest BCUT2D eigenvalue weighted by Gasteiger charge is 2.68. The van der Waals surface area contributed by atoms with E-state index < -0.39 is 466 Å². The fourth-order valence-electron chi connectivity index (χ4n) is 18.1. The lowest BCUT2D eigenvalue weighted by Crippen LogP contribution is -2.72. The second-order valence-electron chi connectivity index (χ2n) is 35.7. The molecule has 0 radical (unpaired) electrons. The Kier molecular flexibility index (Phi) is 43.4. The molecule has 1 unspecified atom stereocenters. The van der Waals surface area contributed by atoms with Crippen molar-refractivity contribution in [3.05, 3.63) is 0 Å². The zero-order chi connectivity index (χ0) is 108. The average molecular weight is 2150 g/mol. The van der Waals surface area contributed by atoms with Gasteiger partial charge in [-0.1, -0.05) is 0 Å². The van der Waals surface area contributed by atoms with Crippen LogP contribution in [0.3, 0.4) is 0 Å². The van der Waals surface area contributed by atoms with Crippen LogP contribution in [0.1, 0.15) is 40.0 Å². The second-order valence-corrected chi connectivity index (χ2v) is 37.1. The van der Waals surface area contributed by atoms with E-state index in [-0.39, 0.29) is 0 Å². The zero-order valence-corrected chi connectivity index (χ0v) is 77.5. The maximum absolute atomic E-state index is 13.8. The molecule has 10 saturated heterocycles. The van der Waals surface area contributed by atoms with Gasteiger partial charge in [-0.3, -0.25) is 23.4 Å². The number of carboxylic acids is 3. The van der Waals surface area contributed by atoms with E-state index in [1.807, 2.05) is 0 Å². The van der Waals surface area contributed by atoms with Crippen LogP contribution in [-0.2, 0) is 132 Å². The van der Waals surface area contributed by atoms with Crippen LogP contribution in [0, 0.1) is 0 Å². The van der Waals surface area contributed by atoms with Gasteiger partial charge in [0, 0.05) is 46.6 Å². The number of carboxylic acid groups (broad SMARTS) is 3. The molecule has 0 saturated carbocycles. The van der Waals surface area contributed by atoms with Crippen LogP contribution in [0.2, 0.25) is 0 Å². The minimum atomic E-state index is -5.74. The number of ether oxygens (including phenoxy) is 19. The van der Waals surface area contributed by atoms with Crippen LogP contribution in [0.4, 0.5) is 0 Å². The number of rotatable bonds is 45. The minimum absolute atomic E-state index is 0.564. The van der Waals surface area contributed by atoms with E-state index in [0.29, 0.717) is 0 Å². The van der Waals surface area contributed by atoms with Crippen molar-refractivity contribution in [2.75, 3.05) is 79.2 Å². The molecule has 40 N–H and O–H groups in total. The van der Waals surface area contributed by atoms with Gasteiger partial charge in [-0.2, -0.15) is 0 Å². The van der Waals surface area contributed by atoms with E-state index >= 15 is 0 Å². The zero-order valence-electron chi connectivity index (χ0n) is 76.6. The van der Waals surface area contributed by atoms with Crippen LogP contribution in [0.5, 0.6) is 0 Å². The number of nitrogens with two attached hydrogens (primary N) is 1. The predicted octanol–water partition coefficient (Wildman–Crippen LogP) is -24.7. The highest BCUT2D eigenvalue weighted by molar-refractivity contribution is 7.47. The van der Waals surface area contributed by atoms with Gasteiger partial charge in [-0.05, 0) is 0 Å². The maximum atomic E-state index is 13.8. The minimum Gasteiger partial charge on any atom is -0.477 e. The Bertz CT molecular complexity index is 4180. The maximum Gasteiger partial charge on any atom is 0.472 e. The van der Waals surface area contributed by atoms with E-state index in [4.69, 9.17) is 105 Å². The van der Waals surface area contributed by atoms with Crippen molar-refractivity contribution in [2.45, 2.75) is 364 Å². The molecule has 10 heterocycles. The molecule has 840 valence electrons. The van der Waals surface area contributed by atoms with Crippen molar-refractivity contribution in [1.29, 1.82) is 0 Å². The van der Waals surface area contributed by atoms with E-state index in [9.17, 15) is 212 Å². The molecule has 145 heavy (non-hydrogen) atoms. The summed E-state index contributed by atoms with van der Waals surface area (Å²) in [4.78, 5) is 90.3. The van der Waals surface area contributed by atoms with E-state index in [1.54, 1.807) is 0 Å². The van der Waals surface area contributed by atoms with Gasteiger partial charge in [0.15, 0.2) is 44.0 Å². The van der Waals surface area contributed by atoms with E-state index in [0.717, 1.165) is 20.8 Å². The average Bonchev–Trinajstić information content (AvgIpc) is 0.736. The van der Waals surface area contributed by atoms with Gasteiger partial charge in [0.25, 0.3) is 17.4 Å². The quantitative estimate of drug-likeness (QED) is 0.0252. The number of hydrogen-bond donors (Lipinski definition) is 39. The molecular formula is C77H129N4O63P. The van der Waals surface area contributed by atoms with Gasteiger partial charge in [0.2, 0.25) is 17.7 Å². The van der Waals surface area contributed by atoms with Gasteiger partial charge < -0.3 is 290 Å². The fraction of sp³-hybridized carbons (Fsp3) is 0.922. The molecule has 10 rings (SSSR count). The van der Waals surface area contributed by atoms with Crippen LogP contribution < -0.4 is 21.7 Å². The van der Waals surface area contributed by atoms with Crippen LogP contribution >= 0.6 is 7.82 Å². The third-order valence-electron chi connectivity index (χ3n) is 25.6. The fourth-order valence-corrected chi connectivity index (χ4v) is 19.1. The van der Waals surface area contributed by atoms with Crippen molar-refractivity contribution < 1.29 is 311 Å². The van der Waals surface area contributed by atoms with E-state index in [1.165, 1.54) is 0 Å². The highest BCUT2D eigenvalue weighted by Crippen LogP contribution is 2.50. The molecule has 10 aliphatic rings. The van der Waals surface area contributed by atoms with Crippen LogP contribution in [-0.4, -0.2) is 617 Å². The first-order chi connectivity index (χ1) is 68.1. The van der Waals surface area contributed by atoms with Crippen LogP contribution in [0.25, 0.3) is 0 Å². The normalized spacial score (nSPS) is 45.5. The van der Waals surface area contributed by atoms with Gasteiger partial charge in [0.1, 0.15) is 238 Å². The molecule has 54 atom stereocenters. The third kappa shape index (κ3) is 26.9. The predicted molar refractivity (Wildman–Crippen MR) is 440 cm³/mol. The molecule has 0 bridgehead atoms. The highest BCUT2D eigenvalue weighted by atomic mass is 31.2. The first kappa shape index (κ1) is 122. The summed E-state index contributed by atoms with van der Waals surface area (Å²) in [6, 6.07) is -6.33. The van der Waals surface area contributed by atoms with Crippen molar-refractivity contribution in [1.82, 2.24) is 16.0 Å². The summed E-state index contributed by atoms with van der Waals surface area (Å²) in [5.74, 6) is -21.2. The monoisotopic (exact) mass is 2150 g/mol. The van der Waals surface area contributed by atoms with Crippen LogP contribution in [0.15, 0.2) is 0 Å². The summed E-state index contributed by atoms with van der Waals surface area (Å²) >= 11 is 0. The third-order valence-corrected chi connectivity index (χ3v) is 26.6. The molecule has 0 aromatic carbocycles. The molecule has 0 spiro atoms. The molecule has 0 aromatic heterocycles. The second kappa shape index (κ2) is 51.8. The summed E-state index contributed by atoms with van der Waals surface area (Å²) in [6.45, 7) is -13.5. The molecule has 68 heteroatoms. The van der Waals surface area contributed by atoms with Crippen molar-refractivity contribution in [2.24, 2.45) is 5.73 Å². The number of carbonyl (C=O) groups excluding carboxylic acids is 3. The summed E-state index contributed by atoms with van der Waals surface area (Å²) in [5.41, 5.74) is 5.53. The van der Waals surface area contributed by atoms with Crippen molar-refractivity contribution >= 4 is 43.5 Å². The number of amides is 3. The number of aliphatic hydroxyl groups excluding tert-OH is 30. The Morgan fingerprint density at radius 2 is 0.772 bits per heavy atom. The van der Waals surface area contributed by atoms with E-state index in [2.05, 4.69) is 16.0 Å². The topological polar surface area (TPSA) is 1080 Å². The molecule has 67 nitrogen and oxygen atoms in total. The first-order valence-electron chi connectivity index (χ1n) is 45.0. The molecule has 3 amide bonds. The Hall–Kier alpha value is -5.11. The molecule has 0 aliphatic carbocycles. The lowest BCUT2D eigenvalue weighted by molar-refractivity contribution is -0.424. The number of phosphoric ester groups is 1. The number of nitrogens with one attached hydrogen (secondary N) is 3. The van der Waals surface area contributed by atoms with Gasteiger partial charge >= 0.3 is 25.7 Å². The van der Waals surface area contributed by atoms with Crippen molar-refractivity contribution in [3.8, 4) is 0 Å². The number of aliphatic carboxylic acids is 3. The summed E-state index contributed by atoms with van der Waals surface area (Å²) in [5, 5.41) is 393. The lowest BCUT2D eigenvalue weighted by Gasteiger charge is -2.54.